The van der Waals surface area contributed by atoms with Crippen LogP contribution in [-0.2, 0) is 6.54 Å². The van der Waals surface area contributed by atoms with Crippen LogP contribution in [0, 0.1) is 5.92 Å². The van der Waals surface area contributed by atoms with Gasteiger partial charge in [-0.2, -0.15) is 0 Å². The normalized spacial score (nSPS) is 26.5. The summed E-state index contributed by atoms with van der Waals surface area (Å²) in [6.45, 7) is 3.56. The van der Waals surface area contributed by atoms with Crippen molar-refractivity contribution in [2.24, 2.45) is 5.92 Å². The summed E-state index contributed by atoms with van der Waals surface area (Å²) in [6, 6.07) is 5.77. The molecule has 0 heterocycles. The fraction of sp³-hybridized carbons (Fsp3) is 0.625. The summed E-state index contributed by atoms with van der Waals surface area (Å²) >= 11 is 6.10. The van der Waals surface area contributed by atoms with Gasteiger partial charge in [0.2, 0.25) is 0 Å². The van der Waals surface area contributed by atoms with Gasteiger partial charge in [0, 0.05) is 13.1 Å². The quantitative estimate of drug-likeness (QED) is 0.875. The molecular formula is C16H24ClNO2. The summed E-state index contributed by atoms with van der Waals surface area (Å²) in [5.74, 6) is 1.31. The topological polar surface area (TPSA) is 41.5 Å². The molecule has 0 spiro atoms. The van der Waals surface area contributed by atoms with Crippen LogP contribution >= 0.6 is 11.6 Å². The van der Waals surface area contributed by atoms with E-state index in [4.69, 9.17) is 16.3 Å². The molecule has 0 aliphatic heterocycles. The molecule has 20 heavy (non-hydrogen) atoms. The van der Waals surface area contributed by atoms with E-state index >= 15 is 0 Å². The zero-order valence-electron chi connectivity index (χ0n) is 12.3. The van der Waals surface area contributed by atoms with Crippen molar-refractivity contribution in [3.63, 3.8) is 0 Å². The Balaban J connectivity index is 1.85. The largest absolute Gasteiger partial charge is 0.495 e. The molecule has 0 radical (unpaired) electrons. The predicted molar refractivity (Wildman–Crippen MR) is 82.3 cm³/mol. The molecule has 4 heteroatoms. The number of nitrogens with one attached hydrogen (secondary N) is 1. The van der Waals surface area contributed by atoms with E-state index in [-0.39, 0.29) is 0 Å². The van der Waals surface area contributed by atoms with Crippen molar-refractivity contribution in [1.82, 2.24) is 5.32 Å². The Kier molecular flexibility index (Phi) is 5.30. The Morgan fingerprint density at radius 1 is 1.50 bits per heavy atom. The van der Waals surface area contributed by atoms with E-state index in [1.807, 2.05) is 18.2 Å². The first-order valence-electron chi connectivity index (χ1n) is 7.28. The summed E-state index contributed by atoms with van der Waals surface area (Å²) in [7, 11) is 1.61. The van der Waals surface area contributed by atoms with Gasteiger partial charge in [-0.3, -0.25) is 0 Å². The minimum Gasteiger partial charge on any atom is -0.495 e. The standard InChI is InChI=1S/C16H24ClNO2/c1-12-4-3-7-16(19,9-12)11-18-10-13-5-6-15(20-2)14(17)8-13/h5-6,8,12,18-19H,3-4,7,9-11H2,1-2H3. The van der Waals surface area contributed by atoms with Crippen LogP contribution in [-0.4, -0.2) is 24.4 Å². The van der Waals surface area contributed by atoms with Crippen molar-refractivity contribution in [2.75, 3.05) is 13.7 Å². The Hall–Kier alpha value is -0.770. The van der Waals surface area contributed by atoms with Crippen molar-refractivity contribution in [3.8, 4) is 5.75 Å². The molecule has 0 amide bonds. The second-order valence-corrected chi connectivity index (χ2v) is 6.41. The van der Waals surface area contributed by atoms with Crippen molar-refractivity contribution in [3.05, 3.63) is 28.8 Å². The van der Waals surface area contributed by atoms with E-state index in [0.717, 1.165) is 24.8 Å². The lowest BCUT2D eigenvalue weighted by Gasteiger charge is -2.35. The molecule has 0 saturated heterocycles. The molecule has 1 aliphatic carbocycles. The Morgan fingerprint density at radius 3 is 2.95 bits per heavy atom. The van der Waals surface area contributed by atoms with Crippen LogP contribution in [0.4, 0.5) is 0 Å². The molecule has 2 N–H and O–H groups in total. The summed E-state index contributed by atoms with van der Waals surface area (Å²) < 4.78 is 5.14. The first-order chi connectivity index (χ1) is 9.52. The molecular weight excluding hydrogens is 274 g/mol. The third-order valence-electron chi connectivity index (χ3n) is 4.07. The molecule has 1 aromatic carbocycles. The minimum atomic E-state index is -0.548. The van der Waals surface area contributed by atoms with Crippen LogP contribution in [0.2, 0.25) is 5.02 Å². The Bertz CT molecular complexity index is 452. The number of rotatable bonds is 5. The molecule has 1 aromatic rings. The number of benzene rings is 1. The molecule has 1 aliphatic rings. The van der Waals surface area contributed by atoms with E-state index < -0.39 is 5.60 Å². The van der Waals surface area contributed by atoms with Crippen LogP contribution in [0.15, 0.2) is 18.2 Å². The number of methoxy groups -OCH3 is 1. The highest BCUT2D eigenvalue weighted by Gasteiger charge is 2.31. The van der Waals surface area contributed by atoms with Gasteiger partial charge in [0.05, 0.1) is 17.7 Å². The molecule has 2 rings (SSSR count). The van der Waals surface area contributed by atoms with Crippen LogP contribution < -0.4 is 10.1 Å². The monoisotopic (exact) mass is 297 g/mol. The third-order valence-corrected chi connectivity index (χ3v) is 4.36. The SMILES string of the molecule is COc1ccc(CNCC2(O)CCCC(C)C2)cc1Cl. The van der Waals surface area contributed by atoms with Gasteiger partial charge in [-0.25, -0.2) is 0 Å². The van der Waals surface area contributed by atoms with Crippen molar-refractivity contribution in [2.45, 2.75) is 44.8 Å². The fourth-order valence-electron chi connectivity index (χ4n) is 3.05. The van der Waals surface area contributed by atoms with Crippen molar-refractivity contribution < 1.29 is 9.84 Å². The summed E-state index contributed by atoms with van der Waals surface area (Å²) in [4.78, 5) is 0. The molecule has 2 atom stereocenters. The van der Waals surface area contributed by atoms with Crippen LogP contribution in [0.5, 0.6) is 5.75 Å². The molecule has 2 unspecified atom stereocenters. The molecule has 0 aromatic heterocycles. The van der Waals surface area contributed by atoms with Crippen molar-refractivity contribution in [1.29, 1.82) is 0 Å². The molecule has 1 fully saturated rings. The Labute approximate surface area is 126 Å². The smallest absolute Gasteiger partial charge is 0.137 e. The van der Waals surface area contributed by atoms with E-state index in [1.54, 1.807) is 7.11 Å². The number of hydrogen-bond donors (Lipinski definition) is 2. The van der Waals surface area contributed by atoms with E-state index in [0.29, 0.717) is 29.8 Å². The first-order valence-corrected chi connectivity index (χ1v) is 7.66. The number of ether oxygens (including phenoxy) is 1. The molecule has 1 saturated carbocycles. The van der Waals surface area contributed by atoms with E-state index in [9.17, 15) is 5.11 Å². The molecule has 112 valence electrons. The molecule has 0 bridgehead atoms. The van der Waals surface area contributed by atoms with E-state index in [2.05, 4.69) is 12.2 Å². The third kappa shape index (κ3) is 4.11. The lowest BCUT2D eigenvalue weighted by molar-refractivity contribution is -0.0119. The number of hydrogen-bond acceptors (Lipinski definition) is 3. The van der Waals surface area contributed by atoms with Crippen molar-refractivity contribution >= 4 is 11.6 Å². The molecule has 3 nitrogen and oxygen atoms in total. The second kappa shape index (κ2) is 6.79. The van der Waals surface area contributed by atoms with Crippen LogP contribution in [0.1, 0.15) is 38.2 Å². The summed E-state index contributed by atoms with van der Waals surface area (Å²) in [5, 5.41) is 14.5. The average Bonchev–Trinajstić information content (AvgIpc) is 2.38. The highest BCUT2D eigenvalue weighted by atomic mass is 35.5. The lowest BCUT2D eigenvalue weighted by Crippen LogP contribution is -2.43. The number of aliphatic hydroxyl groups is 1. The average molecular weight is 298 g/mol. The summed E-state index contributed by atoms with van der Waals surface area (Å²) in [6.07, 6.45) is 4.14. The minimum absolute atomic E-state index is 0.548. The van der Waals surface area contributed by atoms with E-state index in [1.165, 1.54) is 6.42 Å². The van der Waals surface area contributed by atoms with Crippen LogP contribution in [0.3, 0.4) is 0 Å². The predicted octanol–water partition coefficient (Wildman–Crippen LogP) is 3.38. The maximum absolute atomic E-state index is 10.5. The zero-order chi connectivity index (χ0) is 14.6. The van der Waals surface area contributed by atoms with Gasteiger partial charge in [-0.15, -0.1) is 0 Å². The maximum Gasteiger partial charge on any atom is 0.137 e. The highest BCUT2D eigenvalue weighted by molar-refractivity contribution is 6.32. The van der Waals surface area contributed by atoms with Gasteiger partial charge in [0.15, 0.2) is 0 Å². The van der Waals surface area contributed by atoms with Gasteiger partial charge < -0.3 is 15.2 Å². The first kappa shape index (κ1) is 15.6. The second-order valence-electron chi connectivity index (χ2n) is 6.00. The van der Waals surface area contributed by atoms with Crippen LogP contribution in [0.25, 0.3) is 0 Å². The highest BCUT2D eigenvalue weighted by Crippen LogP contribution is 2.31. The number of halogens is 1. The summed E-state index contributed by atoms with van der Waals surface area (Å²) in [5.41, 5.74) is 0.553. The van der Waals surface area contributed by atoms with Gasteiger partial charge in [-0.1, -0.05) is 37.4 Å². The van der Waals surface area contributed by atoms with Gasteiger partial charge in [0.25, 0.3) is 0 Å². The Morgan fingerprint density at radius 2 is 2.30 bits per heavy atom. The van der Waals surface area contributed by atoms with Gasteiger partial charge in [-0.05, 0) is 36.5 Å². The lowest BCUT2D eigenvalue weighted by atomic mass is 9.79. The van der Waals surface area contributed by atoms with Gasteiger partial charge >= 0.3 is 0 Å². The zero-order valence-corrected chi connectivity index (χ0v) is 13.0. The van der Waals surface area contributed by atoms with Gasteiger partial charge in [0.1, 0.15) is 5.75 Å². The fourth-order valence-corrected chi connectivity index (χ4v) is 3.33. The maximum atomic E-state index is 10.5.